The molecule has 0 unspecified atom stereocenters. The number of rotatable bonds is 3. The zero-order valence-corrected chi connectivity index (χ0v) is 14.2. The number of fused-ring (bicyclic) bond motifs is 1. The van der Waals surface area contributed by atoms with Crippen molar-refractivity contribution >= 4 is 45.1 Å². The van der Waals surface area contributed by atoms with E-state index in [1.165, 1.54) is 4.90 Å². The van der Waals surface area contributed by atoms with Crippen LogP contribution in [0, 0.1) is 0 Å². The van der Waals surface area contributed by atoms with Gasteiger partial charge in [-0.05, 0) is 24.3 Å². The highest BCUT2D eigenvalue weighted by atomic mass is 79.9. The van der Waals surface area contributed by atoms with Gasteiger partial charge in [-0.3, -0.25) is 9.69 Å². The first-order valence-electron chi connectivity index (χ1n) is 6.73. The van der Waals surface area contributed by atoms with E-state index in [0.717, 1.165) is 10.0 Å². The minimum atomic E-state index is -0.587. The maximum Gasteiger partial charge on any atom is 0.331 e. The van der Waals surface area contributed by atoms with E-state index in [1.54, 1.807) is 36.4 Å². The lowest BCUT2D eigenvalue weighted by atomic mass is 10.1. The molecule has 3 rings (SSSR count). The third kappa shape index (κ3) is 3.02. The van der Waals surface area contributed by atoms with Gasteiger partial charge in [0.15, 0.2) is 0 Å². The highest BCUT2D eigenvalue weighted by Crippen LogP contribution is 2.31. The second kappa shape index (κ2) is 6.18. The Kier molecular flexibility index (Phi) is 4.24. The van der Waals surface area contributed by atoms with Gasteiger partial charge in [0.1, 0.15) is 12.3 Å². The second-order valence-electron chi connectivity index (χ2n) is 4.93. The molecule has 116 valence electrons. The van der Waals surface area contributed by atoms with Gasteiger partial charge < -0.3 is 4.74 Å². The SMILES string of the molecule is C=C1c2ccccc2C(=O)N1CC(=O)Oc1ccc(Br)cc1Cl. The van der Waals surface area contributed by atoms with Crippen LogP contribution in [-0.4, -0.2) is 23.3 Å². The Morgan fingerprint density at radius 1 is 1.22 bits per heavy atom. The Morgan fingerprint density at radius 2 is 1.91 bits per heavy atom. The Balaban J connectivity index is 1.74. The van der Waals surface area contributed by atoms with E-state index in [4.69, 9.17) is 16.3 Å². The number of amides is 1. The molecule has 0 saturated heterocycles. The van der Waals surface area contributed by atoms with Crippen LogP contribution in [0.2, 0.25) is 5.02 Å². The van der Waals surface area contributed by atoms with E-state index in [9.17, 15) is 9.59 Å². The summed E-state index contributed by atoms with van der Waals surface area (Å²) >= 11 is 9.29. The number of carbonyl (C=O) groups excluding carboxylic acids is 2. The number of carbonyl (C=O) groups is 2. The van der Waals surface area contributed by atoms with Gasteiger partial charge in [-0.1, -0.05) is 52.3 Å². The number of benzene rings is 2. The van der Waals surface area contributed by atoms with Gasteiger partial charge in [0.25, 0.3) is 5.91 Å². The van der Waals surface area contributed by atoms with Crippen molar-refractivity contribution in [2.24, 2.45) is 0 Å². The van der Waals surface area contributed by atoms with E-state index in [-0.39, 0.29) is 18.2 Å². The summed E-state index contributed by atoms with van der Waals surface area (Å²) < 4.78 is 6.01. The van der Waals surface area contributed by atoms with Gasteiger partial charge in [-0.15, -0.1) is 0 Å². The number of nitrogens with zero attached hydrogens (tertiary/aromatic N) is 1. The molecule has 1 aliphatic rings. The Labute approximate surface area is 146 Å². The van der Waals surface area contributed by atoms with Crippen molar-refractivity contribution in [2.45, 2.75) is 0 Å². The standard InChI is InChI=1S/C17H11BrClNO3/c1-10-12-4-2-3-5-13(12)17(22)20(10)9-16(21)23-15-7-6-11(18)8-14(15)19/h2-8H,1,9H2. The summed E-state index contributed by atoms with van der Waals surface area (Å²) in [6, 6.07) is 12.0. The van der Waals surface area contributed by atoms with Crippen molar-refractivity contribution < 1.29 is 14.3 Å². The molecule has 1 heterocycles. The van der Waals surface area contributed by atoms with Crippen molar-refractivity contribution in [1.29, 1.82) is 0 Å². The molecule has 2 aromatic rings. The molecule has 1 amide bonds. The highest BCUT2D eigenvalue weighted by Gasteiger charge is 2.32. The van der Waals surface area contributed by atoms with Gasteiger partial charge in [-0.2, -0.15) is 0 Å². The molecule has 0 fully saturated rings. The van der Waals surface area contributed by atoms with Crippen LogP contribution in [0.3, 0.4) is 0 Å². The third-order valence-electron chi connectivity index (χ3n) is 3.44. The second-order valence-corrected chi connectivity index (χ2v) is 6.26. The van der Waals surface area contributed by atoms with Crippen molar-refractivity contribution in [3.8, 4) is 5.75 Å². The fraction of sp³-hybridized carbons (Fsp3) is 0.0588. The van der Waals surface area contributed by atoms with Crippen LogP contribution in [0.1, 0.15) is 15.9 Å². The molecular weight excluding hydrogens is 382 g/mol. The Hall–Kier alpha value is -2.11. The topological polar surface area (TPSA) is 46.6 Å². The van der Waals surface area contributed by atoms with Crippen molar-refractivity contribution in [3.05, 3.63) is 69.7 Å². The fourth-order valence-electron chi connectivity index (χ4n) is 2.34. The lowest BCUT2D eigenvalue weighted by molar-refractivity contribution is -0.134. The fourth-order valence-corrected chi connectivity index (χ4v) is 3.06. The maximum absolute atomic E-state index is 12.3. The van der Waals surface area contributed by atoms with Crippen molar-refractivity contribution in [2.75, 3.05) is 6.54 Å². The summed E-state index contributed by atoms with van der Waals surface area (Å²) in [4.78, 5) is 25.8. The van der Waals surface area contributed by atoms with Crippen LogP contribution in [0.15, 0.2) is 53.5 Å². The predicted molar refractivity (Wildman–Crippen MR) is 91.3 cm³/mol. The van der Waals surface area contributed by atoms with E-state index < -0.39 is 5.97 Å². The molecule has 6 heteroatoms. The molecule has 4 nitrogen and oxygen atoms in total. The Bertz CT molecular complexity index is 799. The third-order valence-corrected chi connectivity index (χ3v) is 4.23. The minimum absolute atomic E-state index is 0.223. The van der Waals surface area contributed by atoms with E-state index in [0.29, 0.717) is 16.3 Å². The molecule has 0 radical (unpaired) electrons. The summed E-state index contributed by atoms with van der Waals surface area (Å²) in [6.07, 6.45) is 0. The molecule has 0 bridgehead atoms. The quantitative estimate of drug-likeness (QED) is 0.583. The monoisotopic (exact) mass is 391 g/mol. The molecule has 0 aliphatic carbocycles. The molecule has 0 spiro atoms. The first kappa shape index (κ1) is 15.8. The van der Waals surface area contributed by atoms with E-state index in [1.807, 2.05) is 6.07 Å². The van der Waals surface area contributed by atoms with E-state index >= 15 is 0 Å². The average molecular weight is 393 g/mol. The lowest BCUT2D eigenvalue weighted by Gasteiger charge is -2.16. The van der Waals surface area contributed by atoms with Crippen LogP contribution in [0.5, 0.6) is 5.75 Å². The van der Waals surface area contributed by atoms with Crippen LogP contribution < -0.4 is 4.74 Å². The predicted octanol–water partition coefficient (Wildman–Crippen LogP) is 4.13. The average Bonchev–Trinajstić information content (AvgIpc) is 2.76. The summed E-state index contributed by atoms with van der Waals surface area (Å²) in [5.74, 6) is -0.601. The van der Waals surface area contributed by atoms with Crippen LogP contribution in [0.25, 0.3) is 5.70 Å². The molecule has 0 aromatic heterocycles. The summed E-state index contributed by atoms with van der Waals surface area (Å²) in [7, 11) is 0. The summed E-state index contributed by atoms with van der Waals surface area (Å²) in [6.45, 7) is 3.66. The van der Waals surface area contributed by atoms with Crippen LogP contribution in [-0.2, 0) is 4.79 Å². The lowest BCUT2D eigenvalue weighted by Crippen LogP contribution is -2.31. The normalized spacial score (nSPS) is 13.2. The number of halogens is 2. The number of hydrogen-bond donors (Lipinski definition) is 0. The van der Waals surface area contributed by atoms with Crippen LogP contribution in [0.4, 0.5) is 0 Å². The molecule has 1 aliphatic heterocycles. The molecule has 0 N–H and O–H groups in total. The minimum Gasteiger partial charge on any atom is -0.424 e. The smallest absolute Gasteiger partial charge is 0.331 e. The maximum atomic E-state index is 12.3. The highest BCUT2D eigenvalue weighted by molar-refractivity contribution is 9.10. The molecule has 0 atom stereocenters. The molecule has 2 aromatic carbocycles. The number of hydrogen-bond acceptors (Lipinski definition) is 3. The summed E-state index contributed by atoms with van der Waals surface area (Å²) in [5, 5.41) is 0.308. The van der Waals surface area contributed by atoms with Gasteiger partial charge in [-0.25, -0.2) is 4.79 Å². The van der Waals surface area contributed by atoms with Gasteiger partial charge in [0.05, 0.1) is 5.02 Å². The number of ether oxygens (including phenoxy) is 1. The van der Waals surface area contributed by atoms with E-state index in [2.05, 4.69) is 22.5 Å². The van der Waals surface area contributed by atoms with Gasteiger partial charge in [0.2, 0.25) is 0 Å². The largest absolute Gasteiger partial charge is 0.424 e. The van der Waals surface area contributed by atoms with Gasteiger partial charge in [0, 0.05) is 21.3 Å². The Morgan fingerprint density at radius 3 is 2.57 bits per heavy atom. The van der Waals surface area contributed by atoms with Crippen molar-refractivity contribution in [3.63, 3.8) is 0 Å². The van der Waals surface area contributed by atoms with Crippen molar-refractivity contribution in [1.82, 2.24) is 4.90 Å². The first-order valence-corrected chi connectivity index (χ1v) is 7.90. The molecule has 23 heavy (non-hydrogen) atoms. The zero-order chi connectivity index (χ0) is 16.6. The molecular formula is C17H11BrClNO3. The first-order chi connectivity index (χ1) is 11.0. The number of esters is 1. The van der Waals surface area contributed by atoms with Gasteiger partial charge >= 0.3 is 5.97 Å². The van der Waals surface area contributed by atoms with Crippen LogP contribution >= 0.6 is 27.5 Å². The molecule has 0 saturated carbocycles. The zero-order valence-electron chi connectivity index (χ0n) is 11.9. The summed E-state index contributed by atoms with van der Waals surface area (Å²) in [5.41, 5.74) is 1.75.